The van der Waals surface area contributed by atoms with Crippen molar-refractivity contribution in [2.75, 3.05) is 10.6 Å². The van der Waals surface area contributed by atoms with Crippen molar-refractivity contribution in [2.24, 2.45) is 0 Å². The second-order valence-corrected chi connectivity index (χ2v) is 5.90. The van der Waals surface area contributed by atoms with E-state index in [1.54, 1.807) is 18.3 Å². The number of nitrogens with one attached hydrogen (secondary N) is 2. The van der Waals surface area contributed by atoms with E-state index in [0.717, 1.165) is 16.8 Å². The summed E-state index contributed by atoms with van der Waals surface area (Å²) in [4.78, 5) is 28.1. The zero-order valence-corrected chi connectivity index (χ0v) is 12.5. The number of amides is 2. The molecule has 112 valence electrons. The fourth-order valence-electron chi connectivity index (χ4n) is 2.54. The van der Waals surface area contributed by atoms with Crippen LogP contribution in [0.15, 0.2) is 42.6 Å². The van der Waals surface area contributed by atoms with Gasteiger partial charge in [-0.2, -0.15) is 0 Å². The molecule has 0 bridgehead atoms. The third kappa shape index (κ3) is 2.57. The van der Waals surface area contributed by atoms with Gasteiger partial charge in [0, 0.05) is 11.9 Å². The summed E-state index contributed by atoms with van der Waals surface area (Å²) in [5.41, 5.74) is 2.06. The Kier molecular flexibility index (Phi) is 3.41. The summed E-state index contributed by atoms with van der Waals surface area (Å²) in [5, 5.41) is 5.61. The van der Waals surface area contributed by atoms with Crippen molar-refractivity contribution >= 4 is 23.3 Å². The maximum absolute atomic E-state index is 12.1. The molecule has 0 fully saturated rings. The van der Waals surface area contributed by atoms with E-state index < -0.39 is 5.41 Å². The number of nitrogens with zero attached hydrogens (tertiary/aromatic N) is 1. The highest BCUT2D eigenvalue weighted by atomic mass is 16.2. The van der Waals surface area contributed by atoms with E-state index in [0.29, 0.717) is 5.82 Å². The summed E-state index contributed by atoms with van der Waals surface area (Å²) in [6, 6.07) is 11.0. The van der Waals surface area contributed by atoms with Crippen molar-refractivity contribution in [1.29, 1.82) is 0 Å². The average Bonchev–Trinajstić information content (AvgIpc) is 2.71. The monoisotopic (exact) mass is 295 g/mol. The molecule has 0 saturated heterocycles. The van der Waals surface area contributed by atoms with Gasteiger partial charge in [-0.05, 0) is 43.2 Å². The number of benzene rings is 1. The lowest BCUT2D eigenvalue weighted by Crippen LogP contribution is -2.27. The van der Waals surface area contributed by atoms with Crippen LogP contribution in [-0.2, 0) is 21.4 Å². The quantitative estimate of drug-likeness (QED) is 0.914. The number of pyridine rings is 1. The maximum Gasteiger partial charge on any atom is 0.234 e. The topological polar surface area (TPSA) is 71.1 Å². The maximum atomic E-state index is 12.1. The van der Waals surface area contributed by atoms with Gasteiger partial charge < -0.3 is 10.6 Å². The second kappa shape index (κ2) is 5.26. The molecule has 0 saturated carbocycles. The highest BCUT2D eigenvalue weighted by Crippen LogP contribution is 2.37. The van der Waals surface area contributed by atoms with Gasteiger partial charge in [-0.25, -0.2) is 4.98 Å². The van der Waals surface area contributed by atoms with Crippen LogP contribution in [0.1, 0.15) is 25.0 Å². The normalized spacial score (nSPS) is 15.1. The van der Waals surface area contributed by atoms with E-state index >= 15 is 0 Å². The first-order chi connectivity index (χ1) is 10.5. The smallest absolute Gasteiger partial charge is 0.234 e. The van der Waals surface area contributed by atoms with E-state index in [1.807, 2.05) is 38.1 Å². The minimum atomic E-state index is -0.567. The lowest BCUT2D eigenvalue weighted by Gasteiger charge is -2.15. The molecule has 0 aliphatic carbocycles. The summed E-state index contributed by atoms with van der Waals surface area (Å²) >= 11 is 0. The van der Waals surface area contributed by atoms with Crippen molar-refractivity contribution in [3.05, 3.63) is 53.7 Å². The Morgan fingerprint density at radius 2 is 2.09 bits per heavy atom. The van der Waals surface area contributed by atoms with Crippen LogP contribution in [-0.4, -0.2) is 16.8 Å². The van der Waals surface area contributed by atoms with E-state index in [1.165, 1.54) is 0 Å². The number of fused-ring (bicyclic) bond motifs is 1. The molecule has 3 rings (SSSR count). The predicted octanol–water partition coefficient (Wildman–Crippen LogP) is 2.49. The average molecular weight is 295 g/mol. The van der Waals surface area contributed by atoms with E-state index in [-0.39, 0.29) is 18.2 Å². The number of carbonyl (C=O) groups is 2. The summed E-state index contributed by atoms with van der Waals surface area (Å²) in [6.45, 7) is 3.76. The molecule has 0 spiro atoms. The molecular weight excluding hydrogens is 278 g/mol. The standard InChI is InChI=1S/C17H17N3O2/c1-17(2)12-9-11(6-7-13(12)19-16(17)22)10-15(21)20-14-5-3-4-8-18-14/h3-9H,10H2,1-2H3,(H,19,22)(H,18,20,21). The van der Waals surface area contributed by atoms with Gasteiger partial charge in [0.1, 0.15) is 5.82 Å². The Morgan fingerprint density at radius 1 is 1.27 bits per heavy atom. The summed E-state index contributed by atoms with van der Waals surface area (Å²) in [7, 11) is 0. The van der Waals surface area contributed by atoms with Crippen LogP contribution in [0.2, 0.25) is 0 Å². The Bertz CT molecular complexity index is 739. The van der Waals surface area contributed by atoms with E-state index in [9.17, 15) is 9.59 Å². The van der Waals surface area contributed by atoms with Gasteiger partial charge in [0.2, 0.25) is 11.8 Å². The van der Waals surface area contributed by atoms with E-state index in [4.69, 9.17) is 0 Å². The van der Waals surface area contributed by atoms with Gasteiger partial charge >= 0.3 is 0 Å². The Morgan fingerprint density at radius 3 is 2.82 bits per heavy atom. The number of hydrogen-bond acceptors (Lipinski definition) is 3. The van der Waals surface area contributed by atoms with Crippen molar-refractivity contribution in [3.63, 3.8) is 0 Å². The Balaban J connectivity index is 1.76. The fourth-order valence-corrected chi connectivity index (χ4v) is 2.54. The molecule has 5 heteroatoms. The molecule has 2 aromatic rings. The van der Waals surface area contributed by atoms with Crippen LogP contribution < -0.4 is 10.6 Å². The Hall–Kier alpha value is -2.69. The largest absolute Gasteiger partial charge is 0.325 e. The van der Waals surface area contributed by atoms with Crippen LogP contribution in [0, 0.1) is 0 Å². The molecule has 1 aromatic heterocycles. The van der Waals surface area contributed by atoms with Crippen LogP contribution in [0.3, 0.4) is 0 Å². The molecule has 2 N–H and O–H groups in total. The first kappa shape index (κ1) is 14.3. The van der Waals surface area contributed by atoms with Gasteiger partial charge in [-0.3, -0.25) is 9.59 Å². The van der Waals surface area contributed by atoms with Gasteiger partial charge in [-0.1, -0.05) is 18.2 Å². The number of anilines is 2. The number of rotatable bonds is 3. The third-order valence-corrected chi connectivity index (χ3v) is 3.87. The van der Waals surface area contributed by atoms with E-state index in [2.05, 4.69) is 15.6 Å². The minimum Gasteiger partial charge on any atom is -0.325 e. The zero-order chi connectivity index (χ0) is 15.7. The molecule has 0 radical (unpaired) electrons. The van der Waals surface area contributed by atoms with Gasteiger partial charge in [0.15, 0.2) is 0 Å². The van der Waals surface area contributed by atoms with Crippen LogP contribution in [0.25, 0.3) is 0 Å². The molecule has 0 unspecified atom stereocenters. The molecule has 0 atom stereocenters. The molecule has 5 nitrogen and oxygen atoms in total. The highest BCUT2D eigenvalue weighted by Gasteiger charge is 2.38. The lowest BCUT2D eigenvalue weighted by atomic mass is 9.85. The number of hydrogen-bond donors (Lipinski definition) is 2. The summed E-state index contributed by atoms with van der Waals surface area (Å²) in [5.74, 6) is 0.386. The SMILES string of the molecule is CC1(C)C(=O)Nc2ccc(CC(=O)Nc3ccccn3)cc21. The van der Waals surface area contributed by atoms with Crippen molar-refractivity contribution in [1.82, 2.24) is 4.98 Å². The second-order valence-electron chi connectivity index (χ2n) is 5.90. The lowest BCUT2D eigenvalue weighted by molar-refractivity contribution is -0.119. The van der Waals surface area contributed by atoms with Gasteiger partial charge in [-0.15, -0.1) is 0 Å². The Labute approximate surface area is 128 Å². The summed E-state index contributed by atoms with van der Waals surface area (Å²) in [6.07, 6.45) is 1.87. The molecule has 1 aliphatic heterocycles. The van der Waals surface area contributed by atoms with Gasteiger partial charge in [0.25, 0.3) is 0 Å². The number of aromatic nitrogens is 1. The van der Waals surface area contributed by atoms with Crippen molar-refractivity contribution < 1.29 is 9.59 Å². The molecule has 1 aromatic carbocycles. The molecule has 2 amide bonds. The van der Waals surface area contributed by atoms with Crippen LogP contribution in [0.5, 0.6) is 0 Å². The number of carbonyl (C=O) groups excluding carboxylic acids is 2. The fraction of sp³-hybridized carbons (Fsp3) is 0.235. The molecule has 2 heterocycles. The first-order valence-electron chi connectivity index (χ1n) is 7.12. The van der Waals surface area contributed by atoms with Crippen molar-refractivity contribution in [2.45, 2.75) is 25.7 Å². The van der Waals surface area contributed by atoms with Gasteiger partial charge in [0.05, 0.1) is 11.8 Å². The minimum absolute atomic E-state index is 0.0161. The van der Waals surface area contributed by atoms with Crippen LogP contribution in [0.4, 0.5) is 11.5 Å². The first-order valence-corrected chi connectivity index (χ1v) is 7.12. The van der Waals surface area contributed by atoms with Crippen LogP contribution >= 0.6 is 0 Å². The molecular formula is C17H17N3O2. The molecule has 1 aliphatic rings. The van der Waals surface area contributed by atoms with Crippen molar-refractivity contribution in [3.8, 4) is 0 Å². The highest BCUT2D eigenvalue weighted by molar-refractivity contribution is 6.05. The third-order valence-electron chi connectivity index (χ3n) is 3.87. The summed E-state index contributed by atoms with van der Waals surface area (Å²) < 4.78 is 0. The molecule has 22 heavy (non-hydrogen) atoms. The predicted molar refractivity (Wildman–Crippen MR) is 84.7 cm³/mol. The zero-order valence-electron chi connectivity index (χ0n) is 12.5.